The minimum Gasteiger partial charge on any atom is -0.324 e. The largest absolute Gasteiger partial charge is 0.416 e. The Morgan fingerprint density at radius 1 is 1.21 bits per heavy atom. The van der Waals surface area contributed by atoms with Gasteiger partial charge < -0.3 is 9.47 Å². The first-order valence-electron chi connectivity index (χ1n) is 9.31. The highest BCUT2D eigenvalue weighted by Crippen LogP contribution is 2.36. The number of benzene rings is 2. The van der Waals surface area contributed by atoms with Crippen molar-refractivity contribution >= 4 is 22.6 Å². The van der Waals surface area contributed by atoms with E-state index in [1.807, 2.05) is 35.8 Å². The van der Waals surface area contributed by atoms with Crippen molar-refractivity contribution in [2.75, 3.05) is 11.4 Å². The Morgan fingerprint density at radius 3 is 2.69 bits per heavy atom. The fourth-order valence-corrected chi connectivity index (χ4v) is 3.82. The molecule has 1 aliphatic rings. The molecule has 0 radical (unpaired) electrons. The smallest absolute Gasteiger partial charge is 0.324 e. The summed E-state index contributed by atoms with van der Waals surface area (Å²) in [6.45, 7) is 6.77. The molecule has 4 nitrogen and oxygen atoms in total. The van der Waals surface area contributed by atoms with Crippen LogP contribution in [0.1, 0.15) is 30.7 Å². The monoisotopic (exact) mass is 399 g/mol. The maximum atomic E-state index is 13.1. The highest BCUT2D eigenvalue weighted by Gasteiger charge is 2.36. The lowest BCUT2D eigenvalue weighted by Crippen LogP contribution is -2.25. The van der Waals surface area contributed by atoms with E-state index in [4.69, 9.17) is 4.98 Å². The van der Waals surface area contributed by atoms with Crippen molar-refractivity contribution in [1.82, 2.24) is 9.55 Å². The summed E-state index contributed by atoms with van der Waals surface area (Å²) in [5.74, 6) is 0.351. The molecule has 0 unspecified atom stereocenters. The molecule has 1 atom stereocenters. The summed E-state index contributed by atoms with van der Waals surface area (Å²) in [7, 11) is 0. The van der Waals surface area contributed by atoms with Gasteiger partial charge >= 0.3 is 6.18 Å². The molecule has 0 aliphatic carbocycles. The molecule has 150 valence electrons. The fourth-order valence-electron chi connectivity index (χ4n) is 3.82. The number of rotatable bonds is 4. The average molecular weight is 399 g/mol. The lowest BCUT2D eigenvalue weighted by molar-refractivity contribution is -0.137. The molecular formula is C22H20F3N3O. The summed E-state index contributed by atoms with van der Waals surface area (Å²) in [4.78, 5) is 18.8. The number of anilines is 1. The Labute approximate surface area is 166 Å². The number of fused-ring (bicyclic) bond motifs is 1. The van der Waals surface area contributed by atoms with Gasteiger partial charge in [-0.05, 0) is 37.3 Å². The normalized spacial score (nSPS) is 17.3. The number of amides is 1. The first kappa shape index (κ1) is 19.2. The Balaban J connectivity index is 1.69. The number of carbonyl (C=O) groups excluding carboxylic acids is 1. The van der Waals surface area contributed by atoms with Crippen LogP contribution in [0.2, 0.25) is 0 Å². The Hall–Kier alpha value is -3.09. The molecule has 2 heterocycles. The van der Waals surface area contributed by atoms with Crippen LogP contribution in [0.4, 0.5) is 18.9 Å². The van der Waals surface area contributed by atoms with Crippen molar-refractivity contribution in [1.29, 1.82) is 0 Å². The minimum absolute atomic E-state index is 0.204. The molecular weight excluding hydrogens is 379 g/mol. The average Bonchev–Trinajstić information content (AvgIpc) is 3.22. The van der Waals surface area contributed by atoms with E-state index in [0.29, 0.717) is 13.1 Å². The summed E-state index contributed by atoms with van der Waals surface area (Å²) < 4.78 is 41.2. The van der Waals surface area contributed by atoms with Crippen molar-refractivity contribution in [3.8, 4) is 0 Å². The number of allylic oxidation sites excluding steroid dienone is 1. The molecule has 1 saturated heterocycles. The SMILES string of the molecule is C=C(C)Cn1c([C@H]2CC(=O)N(c3cccc(C(F)(F)F)c3)C2)nc2ccccc21. The number of hydrogen-bond acceptors (Lipinski definition) is 2. The van der Waals surface area contributed by atoms with Crippen molar-refractivity contribution in [3.63, 3.8) is 0 Å². The molecule has 29 heavy (non-hydrogen) atoms. The third-order valence-corrected chi connectivity index (χ3v) is 5.09. The minimum atomic E-state index is -4.45. The number of nitrogens with zero attached hydrogens (tertiary/aromatic N) is 3. The van der Waals surface area contributed by atoms with Crippen molar-refractivity contribution in [3.05, 3.63) is 72.1 Å². The third kappa shape index (κ3) is 3.64. The van der Waals surface area contributed by atoms with Crippen LogP contribution in [0.15, 0.2) is 60.7 Å². The second-order valence-electron chi connectivity index (χ2n) is 7.46. The second kappa shape index (κ2) is 7.06. The van der Waals surface area contributed by atoms with Crippen molar-refractivity contribution < 1.29 is 18.0 Å². The van der Waals surface area contributed by atoms with Gasteiger partial charge in [-0.3, -0.25) is 4.79 Å². The molecule has 1 aromatic heterocycles. The van der Waals surface area contributed by atoms with Gasteiger partial charge in [0.05, 0.1) is 16.6 Å². The van der Waals surface area contributed by atoms with Gasteiger partial charge in [-0.15, -0.1) is 0 Å². The topological polar surface area (TPSA) is 38.1 Å². The maximum absolute atomic E-state index is 13.1. The van der Waals surface area contributed by atoms with Crippen molar-refractivity contribution in [2.45, 2.75) is 32.0 Å². The molecule has 7 heteroatoms. The van der Waals surface area contributed by atoms with Crippen LogP contribution in [-0.4, -0.2) is 22.0 Å². The first-order chi connectivity index (χ1) is 13.7. The molecule has 0 spiro atoms. The van der Waals surface area contributed by atoms with Gasteiger partial charge in [0.15, 0.2) is 0 Å². The van der Waals surface area contributed by atoms with Crippen LogP contribution in [0, 0.1) is 0 Å². The van der Waals surface area contributed by atoms with E-state index in [1.54, 1.807) is 0 Å². The lowest BCUT2D eigenvalue weighted by atomic mass is 10.1. The molecule has 0 N–H and O–H groups in total. The molecule has 4 rings (SSSR count). The van der Waals surface area contributed by atoms with Crippen LogP contribution in [0.25, 0.3) is 11.0 Å². The van der Waals surface area contributed by atoms with Crippen LogP contribution in [0.5, 0.6) is 0 Å². The molecule has 0 saturated carbocycles. The lowest BCUT2D eigenvalue weighted by Gasteiger charge is -2.19. The van der Waals surface area contributed by atoms with E-state index in [2.05, 4.69) is 6.58 Å². The molecule has 1 amide bonds. The molecule has 1 fully saturated rings. The van der Waals surface area contributed by atoms with E-state index >= 15 is 0 Å². The first-order valence-corrected chi connectivity index (χ1v) is 9.31. The van der Waals surface area contributed by atoms with Gasteiger partial charge in [0.2, 0.25) is 5.91 Å². The number of para-hydroxylation sites is 2. The fraction of sp³-hybridized carbons (Fsp3) is 0.273. The summed E-state index contributed by atoms with van der Waals surface area (Å²) in [5, 5.41) is 0. The summed E-state index contributed by atoms with van der Waals surface area (Å²) in [5.41, 5.74) is 2.23. The number of carbonyl (C=O) groups is 1. The molecule has 0 bridgehead atoms. The van der Waals surface area contributed by atoms with Crippen LogP contribution < -0.4 is 4.90 Å². The van der Waals surface area contributed by atoms with E-state index in [1.165, 1.54) is 17.0 Å². The predicted molar refractivity (Wildman–Crippen MR) is 106 cm³/mol. The molecule has 1 aliphatic heterocycles. The predicted octanol–water partition coefficient (Wildman–Crippen LogP) is 5.15. The molecule has 3 aromatic rings. The number of halogens is 3. The van der Waals surface area contributed by atoms with Gasteiger partial charge in [0.25, 0.3) is 0 Å². The second-order valence-corrected chi connectivity index (χ2v) is 7.46. The molecule has 2 aromatic carbocycles. The van der Waals surface area contributed by atoms with Gasteiger partial charge in [0, 0.05) is 31.1 Å². The zero-order chi connectivity index (χ0) is 20.8. The Morgan fingerprint density at radius 2 is 1.97 bits per heavy atom. The van der Waals surface area contributed by atoms with Gasteiger partial charge in [-0.25, -0.2) is 4.98 Å². The van der Waals surface area contributed by atoms with Crippen LogP contribution >= 0.6 is 0 Å². The van der Waals surface area contributed by atoms with Crippen molar-refractivity contribution in [2.24, 2.45) is 0 Å². The number of alkyl halides is 3. The summed E-state index contributed by atoms with van der Waals surface area (Å²) in [6, 6.07) is 12.6. The van der Waals surface area contributed by atoms with E-state index in [9.17, 15) is 18.0 Å². The van der Waals surface area contributed by atoms with Gasteiger partial charge in [-0.1, -0.05) is 30.4 Å². The Bertz CT molecular complexity index is 1100. The van der Waals surface area contributed by atoms with Gasteiger partial charge in [-0.2, -0.15) is 13.2 Å². The summed E-state index contributed by atoms with van der Waals surface area (Å²) in [6.07, 6.45) is -4.25. The van der Waals surface area contributed by atoms with E-state index < -0.39 is 11.7 Å². The third-order valence-electron chi connectivity index (χ3n) is 5.09. The zero-order valence-electron chi connectivity index (χ0n) is 15.9. The summed E-state index contributed by atoms with van der Waals surface area (Å²) >= 11 is 0. The number of imidazole rings is 1. The highest BCUT2D eigenvalue weighted by atomic mass is 19.4. The van der Waals surface area contributed by atoms with Gasteiger partial charge in [0.1, 0.15) is 5.82 Å². The quantitative estimate of drug-likeness (QED) is 0.569. The maximum Gasteiger partial charge on any atom is 0.416 e. The van der Waals surface area contributed by atoms with Crippen LogP contribution in [-0.2, 0) is 17.5 Å². The number of hydrogen-bond donors (Lipinski definition) is 0. The standard InChI is InChI=1S/C22H20F3N3O/c1-14(2)12-28-19-9-4-3-8-18(19)26-21(28)15-10-20(29)27(13-15)17-7-5-6-16(11-17)22(23,24)25/h3-9,11,15H,1,10,12-13H2,2H3/t15-/m0/s1. The highest BCUT2D eigenvalue weighted by molar-refractivity contribution is 5.96. The van der Waals surface area contributed by atoms with Crippen LogP contribution in [0.3, 0.4) is 0 Å². The number of aromatic nitrogens is 2. The zero-order valence-corrected chi connectivity index (χ0v) is 15.9. The van der Waals surface area contributed by atoms with E-state index in [-0.39, 0.29) is 23.9 Å². The Kier molecular flexibility index (Phi) is 4.68. The van der Waals surface area contributed by atoms with E-state index in [0.717, 1.165) is 34.6 Å².